The fourth-order valence-electron chi connectivity index (χ4n) is 2.97. The van der Waals surface area contributed by atoms with Crippen LogP contribution in [0.4, 0.5) is 4.79 Å². The van der Waals surface area contributed by atoms with Gasteiger partial charge in [-0.3, -0.25) is 14.5 Å². The van der Waals surface area contributed by atoms with Crippen LogP contribution in [0.3, 0.4) is 0 Å². The Hall–Kier alpha value is -2.61. The van der Waals surface area contributed by atoms with E-state index < -0.39 is 6.03 Å². The molecule has 8 nitrogen and oxygen atoms in total. The number of rotatable bonds is 4. The number of nitrogens with zero attached hydrogens (tertiary/aromatic N) is 2. The highest BCUT2D eigenvalue weighted by molar-refractivity contribution is 6.04. The van der Waals surface area contributed by atoms with Gasteiger partial charge in [-0.25, -0.2) is 4.79 Å². The molecular formula is C16H20N4O4. The summed E-state index contributed by atoms with van der Waals surface area (Å²) in [7, 11) is 1.60. The highest BCUT2D eigenvalue weighted by Crippen LogP contribution is 2.24. The normalized spacial score (nSPS) is 21.0. The smallest absolute Gasteiger partial charge is 0.325 e. The van der Waals surface area contributed by atoms with Crippen LogP contribution in [-0.2, 0) is 9.59 Å². The Balaban J connectivity index is 1.74. The molecule has 0 saturated carbocycles. The molecule has 0 aliphatic carbocycles. The van der Waals surface area contributed by atoms with Gasteiger partial charge in [0.1, 0.15) is 12.3 Å². The molecule has 24 heavy (non-hydrogen) atoms. The standard InChI is InChI=1S/C16H20N4O4/c1-24-12-4-2-11(3-5-12)13-8-17-6-7-19(13)15(22)10-20-14(21)9-18-16(20)23/h2-5,13,17H,6-10H2,1H3,(H,18,23)/t13-/m1/s1. The molecule has 8 heteroatoms. The summed E-state index contributed by atoms with van der Waals surface area (Å²) >= 11 is 0. The molecular weight excluding hydrogens is 312 g/mol. The minimum absolute atomic E-state index is 0.0461. The molecule has 2 heterocycles. The zero-order valence-electron chi connectivity index (χ0n) is 13.4. The number of piperazine rings is 1. The molecule has 0 unspecified atom stereocenters. The number of ether oxygens (including phenoxy) is 1. The SMILES string of the molecule is COc1ccc([C@H]2CNCCN2C(=O)CN2C(=O)CNC2=O)cc1. The average molecular weight is 332 g/mol. The first-order valence-corrected chi connectivity index (χ1v) is 7.82. The van der Waals surface area contributed by atoms with Gasteiger partial charge in [-0.05, 0) is 17.7 Å². The van der Waals surface area contributed by atoms with Crippen molar-refractivity contribution in [2.45, 2.75) is 6.04 Å². The molecule has 0 spiro atoms. The summed E-state index contributed by atoms with van der Waals surface area (Å²) in [6, 6.07) is 6.89. The van der Waals surface area contributed by atoms with E-state index in [4.69, 9.17) is 4.74 Å². The Morgan fingerprint density at radius 2 is 2.04 bits per heavy atom. The number of carbonyl (C=O) groups excluding carboxylic acids is 3. The van der Waals surface area contributed by atoms with Gasteiger partial charge in [0.15, 0.2) is 0 Å². The van der Waals surface area contributed by atoms with Crippen molar-refractivity contribution in [3.8, 4) is 5.75 Å². The zero-order valence-corrected chi connectivity index (χ0v) is 13.4. The molecule has 128 valence electrons. The van der Waals surface area contributed by atoms with E-state index in [0.717, 1.165) is 16.2 Å². The second-order valence-corrected chi connectivity index (χ2v) is 5.72. The third-order valence-corrected chi connectivity index (χ3v) is 4.29. The molecule has 1 aromatic carbocycles. The molecule has 0 aromatic heterocycles. The van der Waals surface area contributed by atoms with Gasteiger partial charge in [0.2, 0.25) is 5.91 Å². The number of imide groups is 1. The van der Waals surface area contributed by atoms with Crippen molar-refractivity contribution in [1.29, 1.82) is 0 Å². The number of urea groups is 1. The topological polar surface area (TPSA) is 91.0 Å². The zero-order chi connectivity index (χ0) is 17.1. The fraction of sp³-hybridized carbons (Fsp3) is 0.438. The molecule has 2 N–H and O–H groups in total. The maximum atomic E-state index is 12.7. The second kappa shape index (κ2) is 6.88. The van der Waals surface area contributed by atoms with Crippen molar-refractivity contribution in [3.63, 3.8) is 0 Å². The van der Waals surface area contributed by atoms with Crippen LogP contribution in [0.2, 0.25) is 0 Å². The maximum Gasteiger partial charge on any atom is 0.325 e. The number of benzene rings is 1. The van der Waals surface area contributed by atoms with Crippen LogP contribution in [0.25, 0.3) is 0 Å². The third-order valence-electron chi connectivity index (χ3n) is 4.29. The predicted molar refractivity (Wildman–Crippen MR) is 85.4 cm³/mol. The number of methoxy groups -OCH3 is 1. The lowest BCUT2D eigenvalue weighted by Crippen LogP contribution is -2.52. The Bertz CT molecular complexity index is 630. The summed E-state index contributed by atoms with van der Waals surface area (Å²) in [5, 5.41) is 5.70. The van der Waals surface area contributed by atoms with Crippen LogP contribution in [0, 0.1) is 0 Å². The minimum Gasteiger partial charge on any atom is -0.497 e. The van der Waals surface area contributed by atoms with Crippen molar-refractivity contribution in [1.82, 2.24) is 20.4 Å². The summed E-state index contributed by atoms with van der Waals surface area (Å²) < 4.78 is 5.16. The van der Waals surface area contributed by atoms with Crippen LogP contribution in [0.1, 0.15) is 11.6 Å². The number of amides is 4. The Labute approximate surface area is 139 Å². The molecule has 2 saturated heterocycles. The summed E-state index contributed by atoms with van der Waals surface area (Å²) in [6.45, 7) is 1.56. The molecule has 1 aromatic rings. The molecule has 2 aliphatic heterocycles. The number of nitrogens with one attached hydrogen (secondary N) is 2. The third kappa shape index (κ3) is 3.18. The highest BCUT2D eigenvalue weighted by atomic mass is 16.5. The average Bonchev–Trinajstić information content (AvgIpc) is 2.93. The maximum absolute atomic E-state index is 12.7. The summed E-state index contributed by atoms with van der Waals surface area (Å²) in [5.74, 6) is 0.145. The predicted octanol–water partition coefficient (Wildman–Crippen LogP) is -0.280. The van der Waals surface area contributed by atoms with E-state index in [1.54, 1.807) is 12.0 Å². The van der Waals surface area contributed by atoms with E-state index >= 15 is 0 Å². The lowest BCUT2D eigenvalue weighted by Gasteiger charge is -2.37. The molecule has 2 fully saturated rings. The molecule has 0 bridgehead atoms. The number of hydrogen-bond acceptors (Lipinski definition) is 5. The second-order valence-electron chi connectivity index (χ2n) is 5.72. The van der Waals surface area contributed by atoms with Gasteiger partial charge in [0.25, 0.3) is 5.91 Å². The van der Waals surface area contributed by atoms with E-state index in [9.17, 15) is 14.4 Å². The first kappa shape index (κ1) is 16.3. The van der Waals surface area contributed by atoms with Gasteiger partial charge in [-0.2, -0.15) is 0 Å². The van der Waals surface area contributed by atoms with E-state index in [1.165, 1.54) is 0 Å². The Morgan fingerprint density at radius 3 is 2.67 bits per heavy atom. The first-order chi connectivity index (χ1) is 11.6. The molecule has 3 rings (SSSR count). The highest BCUT2D eigenvalue weighted by Gasteiger charge is 2.34. The first-order valence-electron chi connectivity index (χ1n) is 7.82. The van der Waals surface area contributed by atoms with Crippen molar-refractivity contribution < 1.29 is 19.1 Å². The van der Waals surface area contributed by atoms with Crippen LogP contribution >= 0.6 is 0 Å². The van der Waals surface area contributed by atoms with Gasteiger partial charge < -0.3 is 20.3 Å². The van der Waals surface area contributed by atoms with Gasteiger partial charge in [0, 0.05) is 19.6 Å². The fourth-order valence-corrected chi connectivity index (χ4v) is 2.97. The van der Waals surface area contributed by atoms with Crippen LogP contribution < -0.4 is 15.4 Å². The monoisotopic (exact) mass is 332 g/mol. The Kier molecular flexibility index (Phi) is 4.66. The van der Waals surface area contributed by atoms with Crippen molar-refractivity contribution in [2.75, 3.05) is 39.8 Å². The van der Waals surface area contributed by atoms with Gasteiger partial charge in [-0.1, -0.05) is 12.1 Å². The van der Waals surface area contributed by atoms with Crippen molar-refractivity contribution >= 4 is 17.8 Å². The van der Waals surface area contributed by atoms with E-state index in [2.05, 4.69) is 10.6 Å². The quantitative estimate of drug-likeness (QED) is 0.740. The molecule has 1 atom stereocenters. The number of hydrogen-bond donors (Lipinski definition) is 2. The van der Waals surface area contributed by atoms with Gasteiger partial charge >= 0.3 is 6.03 Å². The minimum atomic E-state index is -0.510. The summed E-state index contributed by atoms with van der Waals surface area (Å²) in [5.41, 5.74) is 0.980. The van der Waals surface area contributed by atoms with E-state index in [1.807, 2.05) is 24.3 Å². The molecule has 0 radical (unpaired) electrons. The van der Waals surface area contributed by atoms with E-state index in [0.29, 0.717) is 19.6 Å². The van der Waals surface area contributed by atoms with E-state index in [-0.39, 0.29) is 30.9 Å². The number of carbonyl (C=O) groups is 3. The van der Waals surface area contributed by atoms with Crippen LogP contribution in [-0.4, -0.2) is 67.5 Å². The van der Waals surface area contributed by atoms with Gasteiger partial charge in [0.05, 0.1) is 19.7 Å². The van der Waals surface area contributed by atoms with Crippen molar-refractivity contribution in [3.05, 3.63) is 29.8 Å². The van der Waals surface area contributed by atoms with Crippen LogP contribution in [0.15, 0.2) is 24.3 Å². The molecule has 2 aliphatic rings. The Morgan fingerprint density at radius 1 is 1.29 bits per heavy atom. The lowest BCUT2D eigenvalue weighted by molar-refractivity contribution is -0.139. The van der Waals surface area contributed by atoms with Gasteiger partial charge in [-0.15, -0.1) is 0 Å². The summed E-state index contributed by atoms with van der Waals surface area (Å²) in [6.07, 6.45) is 0. The molecule has 4 amide bonds. The van der Waals surface area contributed by atoms with Crippen LogP contribution in [0.5, 0.6) is 5.75 Å². The largest absolute Gasteiger partial charge is 0.497 e. The summed E-state index contributed by atoms with van der Waals surface area (Å²) in [4.78, 5) is 38.6. The van der Waals surface area contributed by atoms with Crippen molar-refractivity contribution in [2.24, 2.45) is 0 Å². The lowest BCUT2D eigenvalue weighted by atomic mass is 10.0.